The maximum absolute atomic E-state index is 10.8. The Hall–Kier alpha value is -1.40. The molecule has 1 heterocycles. The molecule has 21 heavy (non-hydrogen) atoms. The van der Waals surface area contributed by atoms with Crippen molar-refractivity contribution in [2.75, 3.05) is 18.6 Å². The second-order valence-corrected chi connectivity index (χ2v) is 6.24. The number of rotatable bonds is 6. The summed E-state index contributed by atoms with van der Waals surface area (Å²) in [4.78, 5) is 10.8. The highest BCUT2D eigenvalue weighted by atomic mass is 32.2. The van der Waals surface area contributed by atoms with Crippen LogP contribution >= 0.6 is 11.8 Å². The molecule has 0 radical (unpaired) electrons. The van der Waals surface area contributed by atoms with E-state index in [1.165, 1.54) is 12.2 Å². The lowest BCUT2D eigenvalue weighted by atomic mass is 10.1. The lowest BCUT2D eigenvalue weighted by Gasteiger charge is -2.24. The first-order valence-electron chi connectivity index (χ1n) is 7.00. The quantitative estimate of drug-likeness (QED) is 0.835. The highest BCUT2D eigenvalue weighted by Crippen LogP contribution is 2.31. The average molecular weight is 311 g/mol. The van der Waals surface area contributed by atoms with Gasteiger partial charge in [0.15, 0.2) is 11.5 Å². The summed E-state index contributed by atoms with van der Waals surface area (Å²) in [5, 5.41) is 8.86. The number of methoxy groups -OCH3 is 1. The molecule has 1 aliphatic heterocycles. The molecule has 5 nitrogen and oxygen atoms in total. The molecule has 116 valence electrons. The fraction of sp³-hybridized carbons (Fsp3) is 0.533. The molecule has 2 atom stereocenters. The molecule has 1 aliphatic rings. The normalized spacial score (nSPS) is 19.8. The van der Waals surface area contributed by atoms with Gasteiger partial charge in [-0.15, -0.1) is 0 Å². The topological polar surface area (TPSA) is 81.8 Å². The van der Waals surface area contributed by atoms with Gasteiger partial charge in [-0.1, -0.05) is 6.07 Å². The van der Waals surface area contributed by atoms with Crippen molar-refractivity contribution in [3.05, 3.63) is 23.8 Å². The highest BCUT2D eigenvalue weighted by molar-refractivity contribution is 7.99. The molecule has 0 aliphatic carbocycles. The second kappa shape index (κ2) is 7.56. The van der Waals surface area contributed by atoms with Crippen molar-refractivity contribution in [3.63, 3.8) is 0 Å². The zero-order chi connectivity index (χ0) is 15.2. The van der Waals surface area contributed by atoms with Gasteiger partial charge < -0.3 is 20.3 Å². The van der Waals surface area contributed by atoms with Gasteiger partial charge in [-0.05, 0) is 42.7 Å². The van der Waals surface area contributed by atoms with Gasteiger partial charge in [0, 0.05) is 5.75 Å². The minimum Gasteiger partial charge on any atom is -0.493 e. The van der Waals surface area contributed by atoms with Gasteiger partial charge in [0.1, 0.15) is 12.1 Å². The number of carboxylic acids is 1. The van der Waals surface area contributed by atoms with Crippen molar-refractivity contribution < 1.29 is 19.4 Å². The monoisotopic (exact) mass is 311 g/mol. The number of nitrogens with two attached hydrogens (primary N) is 1. The lowest BCUT2D eigenvalue weighted by Crippen LogP contribution is -2.32. The standard InChI is InChI=1S/C15H21NO4S/c1-19-14-8-10(7-12(16)15(17)18)4-5-13(14)20-11-3-2-6-21-9-11/h4-5,8,11-12H,2-3,6-7,9,16H2,1H3,(H,17,18). The first-order chi connectivity index (χ1) is 10.1. The van der Waals surface area contributed by atoms with Crippen LogP contribution in [0.3, 0.4) is 0 Å². The largest absolute Gasteiger partial charge is 0.493 e. The van der Waals surface area contributed by atoms with E-state index in [0.717, 1.165) is 17.7 Å². The van der Waals surface area contributed by atoms with E-state index < -0.39 is 12.0 Å². The minimum absolute atomic E-state index is 0.213. The zero-order valence-corrected chi connectivity index (χ0v) is 12.9. The number of aliphatic carboxylic acids is 1. The molecule has 0 saturated carbocycles. The van der Waals surface area contributed by atoms with Crippen molar-refractivity contribution in [2.24, 2.45) is 5.73 Å². The van der Waals surface area contributed by atoms with Gasteiger partial charge in [0.05, 0.1) is 7.11 Å². The predicted octanol–water partition coefficient (Wildman–Crippen LogP) is 1.92. The third-order valence-electron chi connectivity index (χ3n) is 3.41. The number of hydrogen-bond acceptors (Lipinski definition) is 5. The first-order valence-corrected chi connectivity index (χ1v) is 8.15. The summed E-state index contributed by atoms with van der Waals surface area (Å²) in [5.74, 6) is 2.52. The fourth-order valence-electron chi connectivity index (χ4n) is 2.26. The van der Waals surface area contributed by atoms with Crippen molar-refractivity contribution in [3.8, 4) is 11.5 Å². The van der Waals surface area contributed by atoms with E-state index in [1.807, 2.05) is 23.9 Å². The Balaban J connectivity index is 2.06. The Morgan fingerprint density at radius 2 is 2.33 bits per heavy atom. The van der Waals surface area contributed by atoms with Crippen LogP contribution in [-0.4, -0.2) is 41.8 Å². The Bertz CT molecular complexity index is 489. The molecule has 0 spiro atoms. The van der Waals surface area contributed by atoms with Crippen LogP contribution in [0.2, 0.25) is 0 Å². The van der Waals surface area contributed by atoms with Crippen LogP contribution in [0.1, 0.15) is 18.4 Å². The van der Waals surface area contributed by atoms with Crippen LogP contribution in [0.5, 0.6) is 11.5 Å². The van der Waals surface area contributed by atoms with Crippen LogP contribution in [0.25, 0.3) is 0 Å². The summed E-state index contributed by atoms with van der Waals surface area (Å²) >= 11 is 1.90. The van der Waals surface area contributed by atoms with Gasteiger partial charge in [-0.25, -0.2) is 0 Å². The van der Waals surface area contributed by atoms with E-state index in [2.05, 4.69) is 0 Å². The van der Waals surface area contributed by atoms with E-state index >= 15 is 0 Å². The summed E-state index contributed by atoms with van der Waals surface area (Å²) in [5.41, 5.74) is 6.38. The van der Waals surface area contributed by atoms with Crippen molar-refractivity contribution in [2.45, 2.75) is 31.4 Å². The van der Waals surface area contributed by atoms with Crippen LogP contribution in [0, 0.1) is 0 Å². The van der Waals surface area contributed by atoms with Crippen LogP contribution in [0.15, 0.2) is 18.2 Å². The van der Waals surface area contributed by atoms with Gasteiger partial charge in [0.2, 0.25) is 0 Å². The third kappa shape index (κ3) is 4.54. The Labute approximate surface area is 128 Å². The molecular weight excluding hydrogens is 290 g/mol. The molecule has 6 heteroatoms. The number of thioether (sulfide) groups is 1. The van der Waals surface area contributed by atoms with Crippen LogP contribution < -0.4 is 15.2 Å². The number of benzene rings is 1. The van der Waals surface area contributed by atoms with Crippen molar-refractivity contribution in [1.82, 2.24) is 0 Å². The second-order valence-electron chi connectivity index (χ2n) is 5.09. The zero-order valence-electron chi connectivity index (χ0n) is 12.1. The average Bonchev–Trinajstić information content (AvgIpc) is 2.49. The number of carboxylic acid groups (broad SMARTS) is 1. The van der Waals surface area contributed by atoms with Crippen molar-refractivity contribution in [1.29, 1.82) is 0 Å². The number of ether oxygens (including phenoxy) is 2. The predicted molar refractivity (Wildman–Crippen MR) is 83.3 cm³/mol. The Morgan fingerprint density at radius 1 is 1.52 bits per heavy atom. The van der Waals surface area contributed by atoms with E-state index in [9.17, 15) is 4.79 Å². The molecular formula is C15H21NO4S. The van der Waals surface area contributed by atoms with Gasteiger partial charge in [0.25, 0.3) is 0 Å². The molecule has 0 amide bonds. The first kappa shape index (κ1) is 16.0. The van der Waals surface area contributed by atoms with Crippen molar-refractivity contribution >= 4 is 17.7 Å². The maximum atomic E-state index is 10.8. The molecule has 3 N–H and O–H groups in total. The van der Waals surface area contributed by atoms with Gasteiger partial charge >= 0.3 is 5.97 Å². The molecule has 1 fully saturated rings. The smallest absolute Gasteiger partial charge is 0.320 e. The minimum atomic E-state index is -1.01. The summed E-state index contributed by atoms with van der Waals surface area (Å²) in [6.07, 6.45) is 2.71. The van der Waals surface area contributed by atoms with E-state index in [-0.39, 0.29) is 12.5 Å². The molecule has 2 rings (SSSR count). The number of carbonyl (C=O) groups is 1. The highest BCUT2D eigenvalue weighted by Gasteiger charge is 2.18. The Kier molecular flexibility index (Phi) is 5.76. The molecule has 1 aromatic carbocycles. The maximum Gasteiger partial charge on any atom is 0.320 e. The summed E-state index contributed by atoms with van der Waals surface area (Å²) < 4.78 is 11.3. The Morgan fingerprint density at radius 3 is 2.95 bits per heavy atom. The van der Waals surface area contributed by atoms with E-state index in [0.29, 0.717) is 11.5 Å². The van der Waals surface area contributed by atoms with Crippen LogP contribution in [-0.2, 0) is 11.2 Å². The fourth-order valence-corrected chi connectivity index (χ4v) is 3.30. The molecule has 1 saturated heterocycles. The molecule has 0 aromatic heterocycles. The molecule has 1 aromatic rings. The number of hydrogen-bond donors (Lipinski definition) is 2. The van der Waals surface area contributed by atoms with Crippen LogP contribution in [0.4, 0.5) is 0 Å². The third-order valence-corrected chi connectivity index (χ3v) is 4.60. The van der Waals surface area contributed by atoms with E-state index in [4.69, 9.17) is 20.3 Å². The van der Waals surface area contributed by atoms with Gasteiger partial charge in [-0.2, -0.15) is 11.8 Å². The summed E-state index contributed by atoms with van der Waals surface area (Å²) in [6.45, 7) is 0. The summed E-state index contributed by atoms with van der Waals surface area (Å²) in [6, 6.07) is 4.57. The van der Waals surface area contributed by atoms with Gasteiger partial charge in [-0.3, -0.25) is 4.79 Å². The SMILES string of the molecule is COc1cc(CC(N)C(=O)O)ccc1OC1CCCSC1. The van der Waals surface area contributed by atoms with E-state index in [1.54, 1.807) is 13.2 Å². The lowest BCUT2D eigenvalue weighted by molar-refractivity contribution is -0.138. The summed E-state index contributed by atoms with van der Waals surface area (Å²) in [7, 11) is 1.58. The molecule has 2 unspecified atom stereocenters. The molecule has 0 bridgehead atoms.